The number of benzene rings is 1. The van der Waals surface area contributed by atoms with Gasteiger partial charge >= 0.3 is 0 Å². The molecule has 4 rings (SSSR count). The third-order valence-corrected chi connectivity index (χ3v) is 6.94. The lowest BCUT2D eigenvalue weighted by Gasteiger charge is -2.24. The Morgan fingerprint density at radius 1 is 1.11 bits per heavy atom. The van der Waals surface area contributed by atoms with Crippen LogP contribution in [0.5, 0.6) is 5.75 Å². The fraction of sp³-hybridized carbons (Fsp3) is 0.647. The molecule has 11 nitrogen and oxygen atoms in total. The van der Waals surface area contributed by atoms with Crippen LogP contribution >= 0.6 is 0 Å². The van der Waals surface area contributed by atoms with Crippen molar-refractivity contribution in [2.75, 3.05) is 46.0 Å². The van der Waals surface area contributed by atoms with Crippen molar-refractivity contribution in [3.8, 4) is 5.75 Å². The Hall–Kier alpha value is -3.28. The number of aromatic hydroxyl groups is 1. The average Bonchev–Trinajstić information content (AvgIpc) is 3.67. The van der Waals surface area contributed by atoms with Gasteiger partial charge in [-0.05, 0) is 76.1 Å². The van der Waals surface area contributed by atoms with Crippen LogP contribution in [0.15, 0.2) is 29.8 Å². The topological polar surface area (TPSA) is 150 Å². The van der Waals surface area contributed by atoms with E-state index in [2.05, 4.69) is 40.8 Å². The minimum absolute atomic E-state index is 0.0200. The molecule has 2 aliphatic heterocycles. The number of carbonyl (C=O) groups is 4. The van der Waals surface area contributed by atoms with Gasteiger partial charge in [-0.1, -0.05) is 51.5 Å². The van der Waals surface area contributed by atoms with Crippen molar-refractivity contribution >= 4 is 25.0 Å². The van der Waals surface area contributed by atoms with Crippen LogP contribution in [-0.2, 0) is 41.5 Å². The Labute approximate surface area is 270 Å². The van der Waals surface area contributed by atoms with Crippen LogP contribution in [0.3, 0.4) is 0 Å². The molecule has 11 heteroatoms. The summed E-state index contributed by atoms with van der Waals surface area (Å²) < 4.78 is 9.87. The first-order chi connectivity index (χ1) is 21.8. The number of hydrogen-bond acceptors (Lipinski definition) is 8. The first kappa shape index (κ1) is 41.7. The molecule has 2 heterocycles. The molecule has 4 N–H and O–H groups in total. The second-order valence-electron chi connectivity index (χ2n) is 10.7. The molecule has 2 saturated heterocycles. The number of nitrogens with zero attached hydrogens (tertiary/aromatic N) is 1. The van der Waals surface area contributed by atoms with Gasteiger partial charge < -0.3 is 35.3 Å². The van der Waals surface area contributed by atoms with Gasteiger partial charge in [0, 0.05) is 19.1 Å². The summed E-state index contributed by atoms with van der Waals surface area (Å²) in [5.41, 5.74) is 3.17. The summed E-state index contributed by atoms with van der Waals surface area (Å²) in [7, 11) is 0. The number of phenolic OH excluding ortho intramolecular Hbond substituents is 1. The summed E-state index contributed by atoms with van der Waals surface area (Å²) in [6.45, 7) is 18.3. The van der Waals surface area contributed by atoms with Crippen molar-refractivity contribution in [1.82, 2.24) is 20.9 Å². The molecule has 0 radical (unpaired) electrons. The molecule has 1 aliphatic carbocycles. The lowest BCUT2D eigenvalue weighted by atomic mass is 10.0. The third-order valence-electron chi connectivity index (χ3n) is 6.94. The molecule has 0 saturated carbocycles. The Bertz CT molecular complexity index is 979. The number of likely N-dealkylation sites (N-methyl/N-ethyl adjacent to an activating group) is 1. The van der Waals surface area contributed by atoms with Crippen molar-refractivity contribution in [2.45, 2.75) is 98.3 Å². The van der Waals surface area contributed by atoms with E-state index in [1.807, 2.05) is 39.8 Å². The largest absolute Gasteiger partial charge is 0.508 e. The summed E-state index contributed by atoms with van der Waals surface area (Å²) in [5.74, 6) is 0.0650. The fourth-order valence-corrected chi connectivity index (χ4v) is 4.35. The van der Waals surface area contributed by atoms with E-state index in [1.165, 1.54) is 18.5 Å². The maximum atomic E-state index is 11.4. The number of allylic oxidation sites excluding steroid dienone is 1. The van der Waals surface area contributed by atoms with E-state index >= 15 is 0 Å². The van der Waals surface area contributed by atoms with Crippen LogP contribution < -0.4 is 16.0 Å². The first-order valence-electron chi connectivity index (χ1n) is 16.3. The molecule has 2 fully saturated rings. The Balaban J connectivity index is 0.000000630. The number of rotatable bonds is 13. The molecule has 1 aromatic rings. The number of amides is 3. The SMILES string of the molecule is CC.CC1CO1.CCN1CCOCC1.CCc1ccc(CC(C)NC(=O)CNC=O)cc1O.O=CN[C@H](C=O)CC1=CCCC1. The number of morpholine rings is 1. The van der Waals surface area contributed by atoms with E-state index in [-0.39, 0.29) is 24.5 Å². The van der Waals surface area contributed by atoms with Gasteiger partial charge in [0.25, 0.3) is 0 Å². The first-order valence-corrected chi connectivity index (χ1v) is 16.3. The minimum atomic E-state index is -0.327. The fourth-order valence-electron chi connectivity index (χ4n) is 4.35. The van der Waals surface area contributed by atoms with Crippen molar-refractivity contribution in [3.05, 3.63) is 41.0 Å². The standard InChI is InChI=1S/C14H20N2O3.C9H13NO2.C6H13NO.C3H6O.C2H6/c1-3-12-5-4-11(7-13(12)18)6-10(2)16-14(19)8-15-9-17;11-6-9(10-7-12)5-8-3-1-2-4-8;1-2-7-3-5-8-6-4-7;1-3-2-4-3;1-2/h4-5,7,9-10,18H,3,6,8H2,1-2H3,(H,15,17)(H,16,19);3,6-7,9H,1-2,4-5H2,(H,10,12);2-6H2,1H3;3H,2H2,1H3;1-2H3/t;9-;;;/m.0.../s1. The zero-order valence-electron chi connectivity index (χ0n) is 28.3. The highest BCUT2D eigenvalue weighted by Crippen LogP contribution is 2.21. The summed E-state index contributed by atoms with van der Waals surface area (Å²) in [6.07, 6.45) is 10.1. The predicted molar refractivity (Wildman–Crippen MR) is 178 cm³/mol. The molecular weight excluding hydrogens is 576 g/mol. The van der Waals surface area contributed by atoms with Crippen LogP contribution in [0.1, 0.15) is 78.4 Å². The highest BCUT2D eigenvalue weighted by Gasteiger charge is 2.13. The summed E-state index contributed by atoms with van der Waals surface area (Å²) in [5, 5.41) is 17.3. The van der Waals surface area contributed by atoms with E-state index in [0.29, 0.717) is 37.5 Å². The van der Waals surface area contributed by atoms with Crippen molar-refractivity contribution in [3.63, 3.8) is 0 Å². The van der Waals surface area contributed by atoms with Crippen LogP contribution in [0.2, 0.25) is 0 Å². The molecule has 3 atom stereocenters. The van der Waals surface area contributed by atoms with Crippen molar-refractivity contribution < 1.29 is 33.8 Å². The number of ether oxygens (including phenoxy) is 2. The van der Waals surface area contributed by atoms with E-state index < -0.39 is 0 Å². The molecule has 1 aromatic carbocycles. The molecule has 3 amide bonds. The monoisotopic (exact) mass is 634 g/mol. The van der Waals surface area contributed by atoms with Gasteiger partial charge in [0.1, 0.15) is 12.0 Å². The lowest BCUT2D eigenvalue weighted by Crippen LogP contribution is -2.39. The minimum Gasteiger partial charge on any atom is -0.508 e. The van der Waals surface area contributed by atoms with Gasteiger partial charge in [-0.3, -0.25) is 19.3 Å². The van der Waals surface area contributed by atoms with Crippen LogP contribution in [0.4, 0.5) is 0 Å². The van der Waals surface area contributed by atoms with E-state index in [0.717, 1.165) is 69.6 Å². The second-order valence-corrected chi connectivity index (χ2v) is 10.7. The number of epoxide rings is 1. The van der Waals surface area contributed by atoms with E-state index in [1.54, 1.807) is 6.07 Å². The Morgan fingerprint density at radius 3 is 2.22 bits per heavy atom. The molecule has 45 heavy (non-hydrogen) atoms. The van der Waals surface area contributed by atoms with E-state index in [9.17, 15) is 24.3 Å². The highest BCUT2D eigenvalue weighted by atomic mass is 16.6. The molecule has 2 unspecified atom stereocenters. The van der Waals surface area contributed by atoms with Gasteiger partial charge in [-0.25, -0.2) is 0 Å². The maximum absolute atomic E-state index is 11.4. The predicted octanol–water partition coefficient (Wildman–Crippen LogP) is 3.32. The zero-order chi connectivity index (χ0) is 33.9. The normalized spacial score (nSPS) is 17.6. The zero-order valence-corrected chi connectivity index (χ0v) is 28.3. The number of hydrogen-bond donors (Lipinski definition) is 4. The average molecular weight is 635 g/mol. The number of nitrogens with one attached hydrogen (secondary N) is 3. The molecule has 0 spiro atoms. The lowest BCUT2D eigenvalue weighted by molar-refractivity contribution is -0.122. The van der Waals surface area contributed by atoms with Gasteiger partial charge in [0.2, 0.25) is 18.7 Å². The van der Waals surface area contributed by atoms with Crippen LogP contribution in [0, 0.1) is 0 Å². The van der Waals surface area contributed by atoms with E-state index in [4.69, 9.17) is 9.47 Å². The Morgan fingerprint density at radius 2 is 1.78 bits per heavy atom. The highest BCUT2D eigenvalue weighted by molar-refractivity contribution is 5.80. The number of aldehydes is 1. The summed E-state index contributed by atoms with van der Waals surface area (Å²) in [4.78, 5) is 44.3. The van der Waals surface area contributed by atoms with Crippen LogP contribution in [0.25, 0.3) is 0 Å². The van der Waals surface area contributed by atoms with Crippen molar-refractivity contribution in [1.29, 1.82) is 0 Å². The molecule has 0 aromatic heterocycles. The second kappa shape index (κ2) is 27.1. The smallest absolute Gasteiger partial charge is 0.239 e. The number of carbonyl (C=O) groups excluding carboxylic acids is 4. The van der Waals surface area contributed by atoms with Gasteiger partial charge in [-0.2, -0.15) is 0 Å². The van der Waals surface area contributed by atoms with Crippen molar-refractivity contribution in [2.24, 2.45) is 0 Å². The molecule has 3 aliphatic rings. The van der Waals surface area contributed by atoms with Crippen LogP contribution in [-0.4, -0.2) is 99.2 Å². The molecule has 0 bridgehead atoms. The molecular formula is C34H58N4O7. The van der Waals surface area contributed by atoms with Gasteiger partial charge in [0.05, 0.1) is 38.5 Å². The molecule has 256 valence electrons. The third kappa shape index (κ3) is 22.0. The number of phenols is 1. The summed E-state index contributed by atoms with van der Waals surface area (Å²) in [6, 6.07) is 5.18. The van der Waals surface area contributed by atoms with Gasteiger partial charge in [-0.15, -0.1) is 0 Å². The number of aryl methyl sites for hydroxylation is 1. The maximum Gasteiger partial charge on any atom is 0.239 e. The summed E-state index contributed by atoms with van der Waals surface area (Å²) >= 11 is 0. The van der Waals surface area contributed by atoms with Gasteiger partial charge in [0.15, 0.2) is 0 Å². The Kier molecular flexibility index (Phi) is 25.1. The quantitative estimate of drug-likeness (QED) is 0.147.